The minimum Gasteiger partial charge on any atom is -0.376 e. The van der Waals surface area contributed by atoms with Crippen LogP contribution in [0.15, 0.2) is 24.3 Å². The predicted molar refractivity (Wildman–Crippen MR) is 77.9 cm³/mol. The number of hydrogen-bond acceptors (Lipinski definition) is 2. The van der Waals surface area contributed by atoms with Gasteiger partial charge in [-0.25, -0.2) is 0 Å². The van der Waals surface area contributed by atoms with E-state index in [1.807, 2.05) is 24.3 Å². The Morgan fingerprint density at radius 3 is 2.78 bits per heavy atom. The van der Waals surface area contributed by atoms with E-state index in [-0.39, 0.29) is 0 Å². The summed E-state index contributed by atoms with van der Waals surface area (Å²) < 4.78 is 5.51. The van der Waals surface area contributed by atoms with Crippen molar-refractivity contribution in [2.45, 2.75) is 25.5 Å². The summed E-state index contributed by atoms with van der Waals surface area (Å²) in [5, 5.41) is 7.75. The molecule has 98 valence electrons. The molecule has 1 atom stereocenters. The molecule has 0 aromatic heterocycles. The third-order valence-electron chi connectivity index (χ3n) is 2.88. The van der Waals surface area contributed by atoms with E-state index in [0.717, 1.165) is 36.6 Å². The van der Waals surface area contributed by atoms with Gasteiger partial charge in [0.2, 0.25) is 0 Å². The molecule has 2 N–H and O–H groups in total. The Kier molecular flexibility index (Phi) is 5.23. The van der Waals surface area contributed by atoms with Crippen LogP contribution in [0.1, 0.15) is 18.4 Å². The van der Waals surface area contributed by atoms with E-state index in [9.17, 15) is 0 Å². The second-order valence-corrected chi connectivity index (χ2v) is 5.17. The van der Waals surface area contributed by atoms with Gasteiger partial charge in [0.05, 0.1) is 6.10 Å². The van der Waals surface area contributed by atoms with Gasteiger partial charge in [-0.1, -0.05) is 23.7 Å². The Bertz CT molecular complexity index is 390. The van der Waals surface area contributed by atoms with Crippen molar-refractivity contribution in [3.8, 4) is 0 Å². The zero-order valence-electron chi connectivity index (χ0n) is 10.1. The summed E-state index contributed by atoms with van der Waals surface area (Å²) in [6.45, 7) is 2.36. The molecule has 2 rings (SSSR count). The first-order valence-corrected chi connectivity index (χ1v) is 6.90. The fourth-order valence-corrected chi connectivity index (χ4v) is 2.14. The Hall–Kier alpha value is -0.840. The third-order valence-corrected chi connectivity index (χ3v) is 3.42. The van der Waals surface area contributed by atoms with Crippen LogP contribution in [-0.4, -0.2) is 24.4 Å². The first-order chi connectivity index (χ1) is 8.74. The van der Waals surface area contributed by atoms with Gasteiger partial charge < -0.3 is 15.4 Å². The highest BCUT2D eigenvalue weighted by molar-refractivity contribution is 7.80. The Morgan fingerprint density at radius 1 is 1.33 bits per heavy atom. The summed E-state index contributed by atoms with van der Waals surface area (Å²) in [5.74, 6) is 0. The Balaban J connectivity index is 1.66. The minimum atomic E-state index is 0.306. The largest absolute Gasteiger partial charge is 0.376 e. The highest BCUT2D eigenvalue weighted by Gasteiger charge is 2.14. The normalized spacial score (nSPS) is 18.6. The molecule has 1 saturated heterocycles. The van der Waals surface area contributed by atoms with Crippen molar-refractivity contribution in [2.24, 2.45) is 0 Å². The number of thiocarbonyl (C=S) groups is 1. The molecule has 1 heterocycles. The molecule has 3 nitrogen and oxygen atoms in total. The van der Waals surface area contributed by atoms with Crippen LogP contribution in [0.3, 0.4) is 0 Å². The van der Waals surface area contributed by atoms with Crippen LogP contribution in [0, 0.1) is 0 Å². The molecule has 1 aliphatic heterocycles. The molecule has 0 saturated carbocycles. The lowest BCUT2D eigenvalue weighted by Gasteiger charge is -2.14. The van der Waals surface area contributed by atoms with Gasteiger partial charge in [0.15, 0.2) is 5.11 Å². The van der Waals surface area contributed by atoms with Gasteiger partial charge in [-0.05, 0) is 42.8 Å². The van der Waals surface area contributed by atoms with E-state index < -0.39 is 0 Å². The topological polar surface area (TPSA) is 33.3 Å². The molecular formula is C13H17ClN2OS. The van der Waals surface area contributed by atoms with Gasteiger partial charge in [0, 0.05) is 24.7 Å². The van der Waals surface area contributed by atoms with Crippen molar-refractivity contribution in [3.05, 3.63) is 34.9 Å². The van der Waals surface area contributed by atoms with Crippen LogP contribution in [0.4, 0.5) is 0 Å². The summed E-state index contributed by atoms with van der Waals surface area (Å²) >= 11 is 11.0. The van der Waals surface area contributed by atoms with Gasteiger partial charge in [0.1, 0.15) is 0 Å². The molecule has 1 aromatic rings. The Labute approximate surface area is 118 Å². The van der Waals surface area contributed by atoms with Gasteiger partial charge >= 0.3 is 0 Å². The quantitative estimate of drug-likeness (QED) is 0.833. The molecule has 0 unspecified atom stereocenters. The molecule has 1 fully saturated rings. The maximum absolute atomic E-state index is 5.82. The maximum Gasteiger partial charge on any atom is 0.166 e. The van der Waals surface area contributed by atoms with Crippen molar-refractivity contribution in [2.75, 3.05) is 13.2 Å². The van der Waals surface area contributed by atoms with Gasteiger partial charge in [-0.2, -0.15) is 0 Å². The van der Waals surface area contributed by atoms with Gasteiger partial charge in [-0.15, -0.1) is 0 Å². The molecule has 5 heteroatoms. The lowest BCUT2D eigenvalue weighted by molar-refractivity contribution is 0.114. The van der Waals surface area contributed by atoms with E-state index >= 15 is 0 Å². The summed E-state index contributed by atoms with van der Waals surface area (Å²) in [5.41, 5.74) is 1.15. The monoisotopic (exact) mass is 284 g/mol. The van der Waals surface area contributed by atoms with Crippen molar-refractivity contribution < 1.29 is 4.74 Å². The fourth-order valence-electron chi connectivity index (χ4n) is 1.86. The molecule has 1 aliphatic rings. The summed E-state index contributed by atoms with van der Waals surface area (Å²) in [4.78, 5) is 0. The molecule has 0 aliphatic carbocycles. The Morgan fingerprint density at radius 2 is 2.11 bits per heavy atom. The van der Waals surface area contributed by atoms with E-state index in [1.54, 1.807) is 0 Å². The van der Waals surface area contributed by atoms with Crippen LogP contribution in [0.25, 0.3) is 0 Å². The van der Waals surface area contributed by atoms with Gasteiger partial charge in [-0.3, -0.25) is 0 Å². The SMILES string of the molecule is S=C(NCc1ccc(Cl)cc1)NC[C@@H]1CCCO1. The first kappa shape index (κ1) is 13.6. The minimum absolute atomic E-state index is 0.306. The van der Waals surface area contributed by atoms with Crippen molar-refractivity contribution in [1.82, 2.24) is 10.6 Å². The molecule has 0 radical (unpaired) electrons. The fraction of sp³-hybridized carbons (Fsp3) is 0.462. The number of rotatable bonds is 4. The molecule has 0 amide bonds. The molecule has 18 heavy (non-hydrogen) atoms. The summed E-state index contributed by atoms with van der Waals surface area (Å²) in [6.07, 6.45) is 2.57. The summed E-state index contributed by atoms with van der Waals surface area (Å²) in [7, 11) is 0. The number of ether oxygens (including phenoxy) is 1. The van der Waals surface area contributed by atoms with Crippen LogP contribution in [0.2, 0.25) is 5.02 Å². The maximum atomic E-state index is 5.82. The first-order valence-electron chi connectivity index (χ1n) is 6.12. The molecular weight excluding hydrogens is 268 g/mol. The van der Waals surface area contributed by atoms with Gasteiger partial charge in [0.25, 0.3) is 0 Å². The van der Waals surface area contributed by atoms with E-state index in [4.69, 9.17) is 28.6 Å². The molecule has 0 spiro atoms. The van der Waals surface area contributed by atoms with Crippen molar-refractivity contribution in [3.63, 3.8) is 0 Å². The number of halogens is 1. The van der Waals surface area contributed by atoms with Crippen LogP contribution in [-0.2, 0) is 11.3 Å². The average Bonchev–Trinajstić information content (AvgIpc) is 2.89. The van der Waals surface area contributed by atoms with Crippen molar-refractivity contribution in [1.29, 1.82) is 0 Å². The smallest absolute Gasteiger partial charge is 0.166 e. The zero-order chi connectivity index (χ0) is 12.8. The molecule has 1 aromatic carbocycles. The molecule has 0 bridgehead atoms. The van der Waals surface area contributed by atoms with E-state index in [1.165, 1.54) is 0 Å². The van der Waals surface area contributed by atoms with E-state index in [0.29, 0.717) is 17.8 Å². The second-order valence-electron chi connectivity index (χ2n) is 4.33. The zero-order valence-corrected chi connectivity index (χ0v) is 11.7. The van der Waals surface area contributed by atoms with Crippen LogP contribution in [0.5, 0.6) is 0 Å². The van der Waals surface area contributed by atoms with Crippen LogP contribution < -0.4 is 10.6 Å². The lowest BCUT2D eigenvalue weighted by atomic mass is 10.2. The highest BCUT2D eigenvalue weighted by atomic mass is 35.5. The standard InChI is InChI=1S/C13H17ClN2OS/c14-11-5-3-10(4-6-11)8-15-13(18)16-9-12-2-1-7-17-12/h3-6,12H,1-2,7-9H2,(H2,15,16,18)/t12-/m0/s1. The predicted octanol–water partition coefficient (Wildman–Crippen LogP) is 2.48. The van der Waals surface area contributed by atoms with E-state index in [2.05, 4.69) is 10.6 Å². The van der Waals surface area contributed by atoms with Crippen molar-refractivity contribution >= 4 is 28.9 Å². The summed E-state index contributed by atoms with van der Waals surface area (Å²) in [6, 6.07) is 7.72. The second kappa shape index (κ2) is 6.92. The number of nitrogens with one attached hydrogen (secondary N) is 2. The number of hydrogen-bond donors (Lipinski definition) is 2. The average molecular weight is 285 g/mol. The third kappa shape index (κ3) is 4.44. The number of benzene rings is 1. The lowest BCUT2D eigenvalue weighted by Crippen LogP contribution is -2.39. The highest BCUT2D eigenvalue weighted by Crippen LogP contribution is 2.10. The van der Waals surface area contributed by atoms with Crippen LogP contribution >= 0.6 is 23.8 Å².